The maximum Gasteiger partial charge on any atom is 0.123 e. The van der Waals surface area contributed by atoms with Gasteiger partial charge in [-0.2, -0.15) is 0 Å². The summed E-state index contributed by atoms with van der Waals surface area (Å²) in [4.78, 5) is 0. The Labute approximate surface area is 124 Å². The summed E-state index contributed by atoms with van der Waals surface area (Å²) in [6.45, 7) is 1.46. The van der Waals surface area contributed by atoms with Gasteiger partial charge in [0.05, 0.1) is 6.10 Å². The van der Waals surface area contributed by atoms with E-state index in [1.807, 2.05) is 0 Å². The van der Waals surface area contributed by atoms with Gasteiger partial charge in [-0.1, -0.05) is 0 Å². The molecule has 114 valence electrons. The molecule has 1 saturated carbocycles. The summed E-state index contributed by atoms with van der Waals surface area (Å²) >= 11 is 0. The third kappa shape index (κ3) is 2.34. The summed E-state index contributed by atoms with van der Waals surface area (Å²) in [5.41, 5.74) is 7.17. The van der Waals surface area contributed by atoms with E-state index in [1.54, 1.807) is 12.1 Å². The van der Waals surface area contributed by atoms with Crippen LogP contribution in [0.3, 0.4) is 0 Å². The molecule has 3 nitrogen and oxygen atoms in total. The van der Waals surface area contributed by atoms with Crippen molar-refractivity contribution in [1.29, 1.82) is 0 Å². The lowest BCUT2D eigenvalue weighted by Crippen LogP contribution is -2.43. The van der Waals surface area contributed by atoms with E-state index in [-0.39, 0.29) is 17.3 Å². The number of fused-ring (bicyclic) bond motifs is 1. The Balaban J connectivity index is 1.50. The molecule has 1 aliphatic carbocycles. The van der Waals surface area contributed by atoms with Crippen LogP contribution in [0.25, 0.3) is 0 Å². The quantitative estimate of drug-likeness (QED) is 0.927. The molecule has 0 spiro atoms. The molecule has 21 heavy (non-hydrogen) atoms. The first kappa shape index (κ1) is 13.5. The van der Waals surface area contributed by atoms with Gasteiger partial charge in [0.1, 0.15) is 17.7 Å². The Kier molecular flexibility index (Phi) is 3.19. The molecule has 2 fully saturated rings. The van der Waals surface area contributed by atoms with Gasteiger partial charge in [0, 0.05) is 30.6 Å². The first-order valence-corrected chi connectivity index (χ1v) is 7.97. The Morgan fingerprint density at radius 2 is 2.19 bits per heavy atom. The van der Waals surface area contributed by atoms with Gasteiger partial charge >= 0.3 is 0 Å². The number of benzene rings is 1. The largest absolute Gasteiger partial charge is 0.490 e. The van der Waals surface area contributed by atoms with Gasteiger partial charge in [0.15, 0.2) is 0 Å². The van der Waals surface area contributed by atoms with E-state index in [9.17, 15) is 4.39 Å². The summed E-state index contributed by atoms with van der Waals surface area (Å²) in [5, 5.41) is 0. The van der Waals surface area contributed by atoms with Crippen molar-refractivity contribution < 1.29 is 13.9 Å². The molecule has 4 heteroatoms. The average Bonchev–Trinajstić information content (AvgIpc) is 3.11. The Morgan fingerprint density at radius 1 is 1.33 bits per heavy atom. The molecule has 0 bridgehead atoms. The van der Waals surface area contributed by atoms with E-state index >= 15 is 0 Å². The lowest BCUT2D eigenvalue weighted by Gasteiger charge is -2.35. The van der Waals surface area contributed by atoms with E-state index in [4.69, 9.17) is 15.2 Å². The van der Waals surface area contributed by atoms with Crippen LogP contribution >= 0.6 is 0 Å². The molecule has 4 rings (SSSR count). The summed E-state index contributed by atoms with van der Waals surface area (Å²) in [7, 11) is 0. The van der Waals surface area contributed by atoms with Crippen LogP contribution in [0.2, 0.25) is 0 Å². The van der Waals surface area contributed by atoms with Gasteiger partial charge in [-0.05, 0) is 49.8 Å². The number of nitrogens with two attached hydrogens (primary N) is 1. The molecule has 0 aromatic heterocycles. The minimum Gasteiger partial charge on any atom is -0.490 e. The van der Waals surface area contributed by atoms with Gasteiger partial charge < -0.3 is 15.2 Å². The van der Waals surface area contributed by atoms with E-state index in [0.717, 1.165) is 37.2 Å². The number of halogens is 1. The van der Waals surface area contributed by atoms with Crippen molar-refractivity contribution in [2.75, 3.05) is 13.2 Å². The lowest BCUT2D eigenvalue weighted by molar-refractivity contribution is 0.0139. The average molecular weight is 291 g/mol. The molecule has 2 aliphatic heterocycles. The van der Waals surface area contributed by atoms with Gasteiger partial charge in [-0.15, -0.1) is 0 Å². The van der Waals surface area contributed by atoms with E-state index in [2.05, 4.69) is 0 Å². The van der Waals surface area contributed by atoms with Crippen LogP contribution in [0, 0.1) is 17.2 Å². The standard InChI is InChI=1S/C17H22FNO2/c18-13-3-4-15-12(7-13)8-14(21-15)9-17(10-19)5-6-20-16(17)11-1-2-11/h3-4,7,11,14,16H,1-2,5-6,8-10,19H2. The van der Waals surface area contributed by atoms with Crippen molar-refractivity contribution in [3.8, 4) is 5.75 Å². The first-order valence-electron chi connectivity index (χ1n) is 7.97. The summed E-state index contributed by atoms with van der Waals surface area (Å²) in [6, 6.07) is 4.79. The molecule has 1 saturated heterocycles. The third-order valence-electron chi connectivity index (χ3n) is 5.36. The third-order valence-corrected chi connectivity index (χ3v) is 5.36. The molecular formula is C17H22FNO2. The highest BCUT2D eigenvalue weighted by atomic mass is 19.1. The molecular weight excluding hydrogens is 269 g/mol. The zero-order valence-electron chi connectivity index (χ0n) is 12.2. The van der Waals surface area contributed by atoms with E-state index in [0.29, 0.717) is 18.6 Å². The Morgan fingerprint density at radius 3 is 2.95 bits per heavy atom. The van der Waals surface area contributed by atoms with Crippen molar-refractivity contribution in [2.45, 2.75) is 44.3 Å². The normalized spacial score (nSPS) is 34.8. The molecule has 3 unspecified atom stereocenters. The molecule has 0 radical (unpaired) electrons. The lowest BCUT2D eigenvalue weighted by atomic mass is 9.74. The predicted octanol–water partition coefficient (Wildman–Crippen LogP) is 2.66. The van der Waals surface area contributed by atoms with Crippen LogP contribution in [-0.2, 0) is 11.2 Å². The van der Waals surface area contributed by atoms with Gasteiger partial charge in [-0.3, -0.25) is 0 Å². The zero-order chi connectivity index (χ0) is 14.4. The van der Waals surface area contributed by atoms with Crippen molar-refractivity contribution in [3.05, 3.63) is 29.6 Å². The predicted molar refractivity (Wildman–Crippen MR) is 77.7 cm³/mol. The van der Waals surface area contributed by atoms with Gasteiger partial charge in [-0.25, -0.2) is 4.39 Å². The molecule has 0 amide bonds. The van der Waals surface area contributed by atoms with E-state index in [1.165, 1.54) is 18.9 Å². The topological polar surface area (TPSA) is 44.5 Å². The Hall–Kier alpha value is -1.13. The summed E-state index contributed by atoms with van der Waals surface area (Å²) in [5.74, 6) is 1.33. The minimum absolute atomic E-state index is 0.0480. The van der Waals surface area contributed by atoms with Crippen molar-refractivity contribution >= 4 is 0 Å². The van der Waals surface area contributed by atoms with Crippen LogP contribution in [0.4, 0.5) is 4.39 Å². The zero-order valence-corrected chi connectivity index (χ0v) is 12.2. The molecule has 3 aliphatic rings. The monoisotopic (exact) mass is 291 g/mol. The number of hydrogen-bond donors (Lipinski definition) is 1. The van der Waals surface area contributed by atoms with Crippen LogP contribution in [-0.4, -0.2) is 25.4 Å². The highest BCUT2D eigenvalue weighted by Crippen LogP contribution is 2.50. The second-order valence-corrected chi connectivity index (χ2v) is 6.85. The summed E-state index contributed by atoms with van der Waals surface area (Å²) in [6.07, 6.45) is 5.66. The van der Waals surface area contributed by atoms with Crippen LogP contribution < -0.4 is 10.5 Å². The number of ether oxygens (including phenoxy) is 2. The van der Waals surface area contributed by atoms with Gasteiger partial charge in [0.2, 0.25) is 0 Å². The minimum atomic E-state index is -0.188. The van der Waals surface area contributed by atoms with Crippen LogP contribution in [0.1, 0.15) is 31.2 Å². The highest BCUT2D eigenvalue weighted by molar-refractivity contribution is 5.38. The highest BCUT2D eigenvalue weighted by Gasteiger charge is 2.51. The second-order valence-electron chi connectivity index (χ2n) is 6.85. The fourth-order valence-electron chi connectivity index (χ4n) is 4.12. The van der Waals surface area contributed by atoms with Crippen LogP contribution in [0.15, 0.2) is 18.2 Å². The SMILES string of the molecule is NCC1(CC2Cc3cc(F)ccc3O2)CCOC1C1CC1. The Bertz CT molecular complexity index is 546. The van der Waals surface area contributed by atoms with Crippen molar-refractivity contribution in [3.63, 3.8) is 0 Å². The van der Waals surface area contributed by atoms with Gasteiger partial charge in [0.25, 0.3) is 0 Å². The fraction of sp³-hybridized carbons (Fsp3) is 0.647. The molecule has 2 heterocycles. The second kappa shape index (κ2) is 4.96. The maximum atomic E-state index is 13.3. The number of hydrogen-bond acceptors (Lipinski definition) is 3. The molecule has 1 aromatic carbocycles. The molecule has 1 aromatic rings. The molecule has 3 atom stereocenters. The summed E-state index contributed by atoms with van der Waals surface area (Å²) < 4.78 is 25.3. The van der Waals surface area contributed by atoms with Crippen molar-refractivity contribution in [2.24, 2.45) is 17.1 Å². The maximum absolute atomic E-state index is 13.3. The fourth-order valence-corrected chi connectivity index (χ4v) is 4.12. The smallest absolute Gasteiger partial charge is 0.123 e. The molecule has 2 N–H and O–H groups in total. The van der Waals surface area contributed by atoms with Crippen LogP contribution in [0.5, 0.6) is 5.75 Å². The van der Waals surface area contributed by atoms with E-state index < -0.39 is 0 Å². The number of rotatable bonds is 4. The first-order chi connectivity index (χ1) is 10.2. The van der Waals surface area contributed by atoms with Crippen molar-refractivity contribution in [1.82, 2.24) is 0 Å².